The summed E-state index contributed by atoms with van der Waals surface area (Å²) in [4.78, 5) is 0. The molecule has 0 bridgehead atoms. The van der Waals surface area contributed by atoms with Crippen LogP contribution in [0.4, 0.5) is 0 Å². The van der Waals surface area contributed by atoms with E-state index in [2.05, 4.69) is 0 Å². The third kappa shape index (κ3) is 22.6. The molecule has 0 aliphatic carbocycles. The van der Waals surface area contributed by atoms with E-state index in [1.54, 1.807) is 0 Å². The van der Waals surface area contributed by atoms with E-state index in [9.17, 15) is 0 Å². The molecule has 0 aliphatic heterocycles. The molecule has 0 saturated carbocycles. The lowest BCUT2D eigenvalue weighted by Gasteiger charge is -1.98. The van der Waals surface area contributed by atoms with Gasteiger partial charge in [0, 0.05) is 14.6 Å². The van der Waals surface area contributed by atoms with Crippen LogP contribution in [0.15, 0.2) is 0 Å². The molecule has 0 heterocycles. The molecule has 0 amide bonds. The van der Waals surface area contributed by atoms with Crippen molar-refractivity contribution in [1.82, 2.24) is 5.48 Å². The summed E-state index contributed by atoms with van der Waals surface area (Å²) < 4.78 is 5.00. The van der Waals surface area contributed by atoms with Gasteiger partial charge in [0.05, 0.1) is 19.8 Å². The van der Waals surface area contributed by atoms with E-state index >= 15 is 0 Å². The predicted molar refractivity (Wildman–Crippen MR) is 47.2 cm³/mol. The summed E-state index contributed by atoms with van der Waals surface area (Å²) in [5.41, 5.74) is 2.00. The number of rotatable bonds is 6. The SMILES string of the molecule is CCCOCCNO.OCCO.[HH]. The maximum atomic E-state index is 8.04. The first kappa shape index (κ1) is 14.3. The van der Waals surface area contributed by atoms with Gasteiger partial charge in [-0.1, -0.05) is 6.92 Å². The van der Waals surface area contributed by atoms with Crippen molar-refractivity contribution >= 4 is 0 Å². The molecule has 4 N–H and O–H groups in total. The Balaban J connectivity index is -0.000000173. The fraction of sp³-hybridized carbons (Fsp3) is 1.00. The lowest BCUT2D eigenvalue weighted by Crippen LogP contribution is -2.14. The molecule has 0 fully saturated rings. The minimum Gasteiger partial charge on any atom is -0.394 e. The largest absolute Gasteiger partial charge is 0.394 e. The normalized spacial score (nSPS) is 9.00. The molecule has 0 aromatic rings. The van der Waals surface area contributed by atoms with Crippen molar-refractivity contribution in [2.45, 2.75) is 13.3 Å². The Bertz CT molecular complexity index is 60.5. The molecule has 0 unspecified atom stereocenters. The van der Waals surface area contributed by atoms with Gasteiger partial charge in [0.2, 0.25) is 0 Å². The third-order valence-electron chi connectivity index (χ3n) is 0.807. The van der Waals surface area contributed by atoms with Gasteiger partial charge < -0.3 is 20.2 Å². The molecular weight excluding hydrogens is 162 g/mol. The highest BCUT2D eigenvalue weighted by Crippen LogP contribution is 1.76. The van der Waals surface area contributed by atoms with Gasteiger partial charge in [-0.3, -0.25) is 0 Å². The van der Waals surface area contributed by atoms with Gasteiger partial charge in [-0.25, -0.2) is 5.48 Å². The van der Waals surface area contributed by atoms with E-state index in [-0.39, 0.29) is 14.6 Å². The topological polar surface area (TPSA) is 82.0 Å². The zero-order chi connectivity index (χ0) is 9.66. The van der Waals surface area contributed by atoms with E-state index in [0.29, 0.717) is 13.2 Å². The second-order valence-corrected chi connectivity index (χ2v) is 1.97. The molecule has 0 radical (unpaired) electrons. The second-order valence-electron chi connectivity index (χ2n) is 1.97. The van der Waals surface area contributed by atoms with Gasteiger partial charge in [0.1, 0.15) is 0 Å². The standard InChI is InChI=1S/C5H13NO2.C2H6O2.H2/c1-2-4-8-5-3-6-7;3-1-2-4;/h6-7H,2-5H2,1H3;3-4H,1-2H2;1H. The molecule has 0 aromatic heterocycles. The average molecular weight is 183 g/mol. The zero-order valence-electron chi connectivity index (χ0n) is 7.49. The summed E-state index contributed by atoms with van der Waals surface area (Å²) in [6.07, 6.45) is 1.03. The van der Waals surface area contributed by atoms with E-state index in [1.807, 2.05) is 12.4 Å². The summed E-state index contributed by atoms with van der Waals surface area (Å²) in [6, 6.07) is 0. The van der Waals surface area contributed by atoms with Crippen LogP contribution in [0.1, 0.15) is 14.8 Å². The van der Waals surface area contributed by atoms with Crippen LogP contribution in [-0.2, 0) is 4.74 Å². The Kier molecular flexibility index (Phi) is 20.4. The van der Waals surface area contributed by atoms with Gasteiger partial charge in [-0.15, -0.1) is 0 Å². The van der Waals surface area contributed by atoms with E-state index < -0.39 is 0 Å². The first-order valence-electron chi connectivity index (χ1n) is 3.99. The lowest BCUT2D eigenvalue weighted by atomic mass is 10.5. The van der Waals surface area contributed by atoms with Gasteiger partial charge in [0.25, 0.3) is 0 Å². The summed E-state index contributed by atoms with van der Waals surface area (Å²) in [6.45, 7) is 3.68. The van der Waals surface area contributed by atoms with Crippen LogP contribution in [-0.4, -0.2) is 48.4 Å². The molecule has 0 spiro atoms. The van der Waals surface area contributed by atoms with Crippen molar-refractivity contribution in [3.05, 3.63) is 0 Å². The molecule has 0 rings (SSSR count). The van der Waals surface area contributed by atoms with Crippen LogP contribution < -0.4 is 5.48 Å². The number of hydrogen-bond donors (Lipinski definition) is 4. The maximum absolute atomic E-state index is 8.04. The number of ether oxygens (including phenoxy) is 1. The van der Waals surface area contributed by atoms with Crippen molar-refractivity contribution in [1.29, 1.82) is 0 Å². The first-order valence-corrected chi connectivity index (χ1v) is 3.99. The molecule has 12 heavy (non-hydrogen) atoms. The Morgan fingerprint density at radius 3 is 2.17 bits per heavy atom. The fourth-order valence-electron chi connectivity index (χ4n) is 0.364. The molecule has 78 valence electrons. The van der Waals surface area contributed by atoms with Crippen LogP contribution in [0.5, 0.6) is 0 Å². The number of hydrogen-bond acceptors (Lipinski definition) is 5. The molecule has 5 nitrogen and oxygen atoms in total. The molecule has 0 atom stereocenters. The van der Waals surface area contributed by atoms with Crippen molar-refractivity contribution in [3.63, 3.8) is 0 Å². The van der Waals surface area contributed by atoms with Gasteiger partial charge >= 0.3 is 0 Å². The van der Waals surface area contributed by atoms with Crippen LogP contribution in [0.25, 0.3) is 0 Å². The molecular formula is C7H21NO4. The molecule has 0 saturated heterocycles. The van der Waals surface area contributed by atoms with Crippen LogP contribution in [0.2, 0.25) is 0 Å². The highest BCUT2D eigenvalue weighted by Gasteiger charge is 1.81. The highest BCUT2D eigenvalue weighted by atomic mass is 16.5. The summed E-state index contributed by atoms with van der Waals surface area (Å²) >= 11 is 0. The maximum Gasteiger partial charge on any atom is 0.0662 e. The molecule has 0 aromatic carbocycles. The zero-order valence-corrected chi connectivity index (χ0v) is 7.49. The minimum atomic E-state index is -0.125. The van der Waals surface area contributed by atoms with Crippen LogP contribution >= 0.6 is 0 Å². The average Bonchev–Trinajstić information content (AvgIpc) is 2.13. The Hall–Kier alpha value is -0.200. The smallest absolute Gasteiger partial charge is 0.0662 e. The lowest BCUT2D eigenvalue weighted by molar-refractivity contribution is 0.0908. The first-order chi connectivity index (χ1) is 5.83. The van der Waals surface area contributed by atoms with E-state index in [1.165, 1.54) is 0 Å². The van der Waals surface area contributed by atoms with E-state index in [4.69, 9.17) is 20.2 Å². The Labute approximate surface area is 74.4 Å². The third-order valence-corrected chi connectivity index (χ3v) is 0.807. The van der Waals surface area contributed by atoms with Crippen molar-refractivity contribution in [2.75, 3.05) is 33.0 Å². The van der Waals surface area contributed by atoms with Crippen molar-refractivity contribution in [3.8, 4) is 0 Å². The summed E-state index contributed by atoms with van der Waals surface area (Å²) in [7, 11) is 0. The molecule has 5 heteroatoms. The number of nitrogens with one attached hydrogen (secondary N) is 1. The fourth-order valence-corrected chi connectivity index (χ4v) is 0.364. The summed E-state index contributed by atoms with van der Waals surface area (Å²) in [5.74, 6) is 0. The van der Waals surface area contributed by atoms with Gasteiger partial charge in [0.15, 0.2) is 0 Å². The number of hydroxylamine groups is 1. The second kappa shape index (κ2) is 17.0. The monoisotopic (exact) mass is 183 g/mol. The van der Waals surface area contributed by atoms with Crippen LogP contribution in [0, 0.1) is 0 Å². The Morgan fingerprint density at radius 1 is 1.25 bits per heavy atom. The van der Waals surface area contributed by atoms with Gasteiger partial charge in [-0.05, 0) is 6.42 Å². The number of aliphatic hydroxyl groups is 2. The van der Waals surface area contributed by atoms with Gasteiger partial charge in [-0.2, -0.15) is 0 Å². The quantitative estimate of drug-likeness (QED) is 0.333. The van der Waals surface area contributed by atoms with E-state index in [0.717, 1.165) is 13.0 Å². The summed E-state index contributed by atoms with van der Waals surface area (Å²) in [5, 5.41) is 23.3. The molecule has 0 aliphatic rings. The van der Waals surface area contributed by atoms with Crippen molar-refractivity contribution < 1.29 is 21.6 Å². The predicted octanol–water partition coefficient (Wildman–Crippen LogP) is -0.391. The Morgan fingerprint density at radius 2 is 1.83 bits per heavy atom. The van der Waals surface area contributed by atoms with Crippen LogP contribution in [0.3, 0.4) is 0 Å². The number of aliphatic hydroxyl groups excluding tert-OH is 2. The minimum absolute atomic E-state index is 0. The van der Waals surface area contributed by atoms with Crippen molar-refractivity contribution in [2.24, 2.45) is 0 Å². The highest BCUT2D eigenvalue weighted by molar-refractivity contribution is 4.30.